The van der Waals surface area contributed by atoms with Crippen LogP contribution in [0.4, 0.5) is 0 Å². The van der Waals surface area contributed by atoms with E-state index in [9.17, 15) is 14.4 Å². The first-order valence-corrected chi connectivity index (χ1v) is 14.1. The Balaban J connectivity index is 1.43. The molecule has 1 fully saturated rings. The van der Waals surface area contributed by atoms with Crippen LogP contribution in [0.3, 0.4) is 0 Å². The third-order valence-corrected chi connectivity index (χ3v) is 8.23. The van der Waals surface area contributed by atoms with Crippen LogP contribution in [-0.2, 0) is 11.3 Å². The zero-order valence-electron chi connectivity index (χ0n) is 24.2. The number of rotatable bonds is 8. The number of likely N-dealkylation sites (tertiary alicyclic amines) is 1. The van der Waals surface area contributed by atoms with Crippen LogP contribution in [0.1, 0.15) is 45.9 Å². The minimum Gasteiger partial charge on any atom is -0.355 e. The molecule has 0 aliphatic carbocycles. The van der Waals surface area contributed by atoms with Gasteiger partial charge in [-0.2, -0.15) is 0 Å². The summed E-state index contributed by atoms with van der Waals surface area (Å²) >= 11 is 0. The van der Waals surface area contributed by atoms with Crippen LogP contribution in [0.5, 0.6) is 0 Å². The minimum atomic E-state index is -0.290. The van der Waals surface area contributed by atoms with E-state index in [1.807, 2.05) is 63.4 Å². The molecule has 0 saturated carbocycles. The van der Waals surface area contributed by atoms with Crippen LogP contribution in [0.2, 0.25) is 0 Å². The van der Waals surface area contributed by atoms with Gasteiger partial charge in [0.15, 0.2) is 0 Å². The van der Waals surface area contributed by atoms with Crippen molar-refractivity contribution in [1.29, 1.82) is 0 Å². The highest BCUT2D eigenvalue weighted by Crippen LogP contribution is 2.27. The molecule has 1 aromatic heterocycles. The summed E-state index contributed by atoms with van der Waals surface area (Å²) in [7, 11) is 3.45. The summed E-state index contributed by atoms with van der Waals surface area (Å²) in [6, 6.07) is 19.5. The molecular formula is C33H37N5O3. The van der Waals surface area contributed by atoms with Crippen molar-refractivity contribution >= 4 is 22.8 Å². The number of carbonyl (C=O) groups excluding carboxylic acids is 2. The maximum absolute atomic E-state index is 13.8. The molecule has 1 saturated heterocycles. The SMILES string of the molecule is CNC(=O)c1cccc(-c2ccc(C(CN3CCCC3)N(C)C(=O)Cn3c(=O)cnc4cc(C)c(C)cc43)cc2)c1. The highest BCUT2D eigenvalue weighted by atomic mass is 16.2. The normalized spacial score (nSPS) is 14.2. The average Bonchev–Trinajstić information content (AvgIpc) is 3.51. The summed E-state index contributed by atoms with van der Waals surface area (Å²) in [6.45, 7) is 6.69. The fraction of sp³-hybridized carbons (Fsp3) is 0.333. The number of likely N-dealkylation sites (N-methyl/N-ethyl adjacent to an activating group) is 1. The molecule has 0 radical (unpaired) electrons. The van der Waals surface area contributed by atoms with Gasteiger partial charge in [0, 0.05) is 26.2 Å². The third-order valence-electron chi connectivity index (χ3n) is 8.23. The summed E-state index contributed by atoms with van der Waals surface area (Å²) in [5, 5.41) is 2.67. The molecule has 3 aromatic carbocycles. The lowest BCUT2D eigenvalue weighted by atomic mass is 9.98. The van der Waals surface area contributed by atoms with E-state index in [0.717, 1.165) is 60.3 Å². The van der Waals surface area contributed by atoms with Crippen LogP contribution in [0, 0.1) is 13.8 Å². The topological polar surface area (TPSA) is 87.5 Å². The number of carbonyl (C=O) groups is 2. The second kappa shape index (κ2) is 12.1. The number of hydrogen-bond donors (Lipinski definition) is 1. The Labute approximate surface area is 240 Å². The molecule has 8 heteroatoms. The first kappa shape index (κ1) is 28.2. The quantitative estimate of drug-likeness (QED) is 0.352. The summed E-state index contributed by atoms with van der Waals surface area (Å²) < 4.78 is 1.53. The summed E-state index contributed by atoms with van der Waals surface area (Å²) in [4.78, 5) is 47.2. The number of benzene rings is 3. The lowest BCUT2D eigenvalue weighted by Gasteiger charge is -2.32. The summed E-state index contributed by atoms with van der Waals surface area (Å²) in [5.74, 6) is -0.259. The van der Waals surface area contributed by atoms with E-state index in [1.54, 1.807) is 18.0 Å². The van der Waals surface area contributed by atoms with Gasteiger partial charge in [0.05, 0.1) is 23.3 Å². The largest absolute Gasteiger partial charge is 0.355 e. The number of aryl methyl sites for hydroxylation is 2. The Kier molecular flexibility index (Phi) is 8.31. The zero-order valence-corrected chi connectivity index (χ0v) is 24.2. The maximum atomic E-state index is 13.8. The predicted octanol–water partition coefficient (Wildman–Crippen LogP) is 4.34. The Morgan fingerprint density at radius 2 is 1.68 bits per heavy atom. The molecule has 2 heterocycles. The molecule has 8 nitrogen and oxygen atoms in total. The lowest BCUT2D eigenvalue weighted by Crippen LogP contribution is -2.41. The average molecular weight is 552 g/mol. The van der Waals surface area contributed by atoms with Crippen molar-refractivity contribution < 1.29 is 9.59 Å². The Morgan fingerprint density at radius 1 is 0.976 bits per heavy atom. The monoisotopic (exact) mass is 551 g/mol. The molecule has 1 unspecified atom stereocenters. The van der Waals surface area contributed by atoms with Crippen molar-refractivity contribution in [2.45, 2.75) is 39.3 Å². The van der Waals surface area contributed by atoms with Crippen LogP contribution in [-0.4, -0.2) is 64.9 Å². The van der Waals surface area contributed by atoms with Crippen LogP contribution >= 0.6 is 0 Å². The van der Waals surface area contributed by atoms with Crippen molar-refractivity contribution in [2.24, 2.45) is 0 Å². The van der Waals surface area contributed by atoms with Crippen molar-refractivity contribution in [3.05, 3.63) is 99.5 Å². The van der Waals surface area contributed by atoms with Crippen molar-refractivity contribution in [1.82, 2.24) is 24.7 Å². The smallest absolute Gasteiger partial charge is 0.269 e. The standard InChI is InChI=1S/C33H37N5O3/c1-22-16-28-29(17-23(22)2)38(31(39)19-35-28)21-32(40)36(4)30(20-37-14-5-6-15-37)25-12-10-24(11-13-25)26-8-7-9-27(18-26)33(41)34-3/h7-13,16-19,30H,5-6,14-15,20-21H2,1-4H3,(H,34,41). The van der Waals surface area contributed by atoms with E-state index in [0.29, 0.717) is 16.6 Å². The molecule has 1 aliphatic rings. The molecule has 212 valence electrons. The van der Waals surface area contributed by atoms with Crippen molar-refractivity contribution in [3.63, 3.8) is 0 Å². The Bertz CT molecular complexity index is 1640. The van der Waals surface area contributed by atoms with Gasteiger partial charge in [-0.05, 0) is 91.9 Å². The van der Waals surface area contributed by atoms with Crippen molar-refractivity contribution in [2.75, 3.05) is 33.7 Å². The second-order valence-corrected chi connectivity index (χ2v) is 10.9. The highest BCUT2D eigenvalue weighted by Gasteiger charge is 2.26. The van der Waals surface area contributed by atoms with Crippen LogP contribution in [0.25, 0.3) is 22.2 Å². The molecule has 41 heavy (non-hydrogen) atoms. The molecule has 2 amide bonds. The molecule has 0 spiro atoms. The zero-order chi connectivity index (χ0) is 29.1. The molecule has 4 aromatic rings. The van der Waals surface area contributed by atoms with Gasteiger partial charge >= 0.3 is 0 Å². The molecule has 1 aliphatic heterocycles. The molecular weight excluding hydrogens is 514 g/mol. The Hall–Kier alpha value is -4.30. The third kappa shape index (κ3) is 6.07. The van der Waals surface area contributed by atoms with Crippen molar-refractivity contribution in [3.8, 4) is 11.1 Å². The van der Waals surface area contributed by atoms with Gasteiger partial charge in [-0.3, -0.25) is 19.0 Å². The number of nitrogens with one attached hydrogen (secondary N) is 1. The maximum Gasteiger partial charge on any atom is 0.269 e. The van der Waals surface area contributed by atoms with Crippen LogP contribution in [0.15, 0.2) is 71.7 Å². The number of amides is 2. The van der Waals surface area contributed by atoms with E-state index in [-0.39, 0.29) is 30.0 Å². The first-order valence-electron chi connectivity index (χ1n) is 14.1. The number of aromatic nitrogens is 2. The number of nitrogens with zero attached hydrogens (tertiary/aromatic N) is 4. The van der Waals surface area contributed by atoms with Gasteiger partial charge in [0.1, 0.15) is 6.54 Å². The number of fused-ring (bicyclic) bond motifs is 1. The fourth-order valence-electron chi connectivity index (χ4n) is 5.55. The minimum absolute atomic E-state index is 0.0578. The van der Waals surface area contributed by atoms with E-state index >= 15 is 0 Å². The van der Waals surface area contributed by atoms with Gasteiger partial charge in [-0.25, -0.2) is 4.98 Å². The molecule has 5 rings (SSSR count). The lowest BCUT2D eigenvalue weighted by molar-refractivity contribution is -0.133. The fourth-order valence-corrected chi connectivity index (χ4v) is 5.55. The van der Waals surface area contributed by atoms with Gasteiger partial charge < -0.3 is 15.1 Å². The van der Waals surface area contributed by atoms with E-state index in [4.69, 9.17) is 0 Å². The van der Waals surface area contributed by atoms with Crippen LogP contribution < -0.4 is 10.9 Å². The second-order valence-electron chi connectivity index (χ2n) is 10.9. The summed E-state index contributed by atoms with van der Waals surface area (Å²) in [6.07, 6.45) is 3.61. The predicted molar refractivity (Wildman–Crippen MR) is 162 cm³/mol. The van der Waals surface area contributed by atoms with Gasteiger partial charge in [-0.1, -0.05) is 36.4 Å². The van der Waals surface area contributed by atoms with E-state index in [1.165, 1.54) is 10.8 Å². The van der Waals surface area contributed by atoms with Gasteiger partial charge in [-0.15, -0.1) is 0 Å². The van der Waals surface area contributed by atoms with Gasteiger partial charge in [0.25, 0.3) is 11.5 Å². The molecule has 1 N–H and O–H groups in total. The van der Waals surface area contributed by atoms with Gasteiger partial charge in [0.2, 0.25) is 5.91 Å². The van der Waals surface area contributed by atoms with E-state index in [2.05, 4.69) is 27.3 Å². The number of hydrogen-bond acceptors (Lipinski definition) is 5. The summed E-state index contributed by atoms with van der Waals surface area (Å²) in [5.41, 5.74) is 6.80. The molecule has 1 atom stereocenters. The Morgan fingerprint density at radius 3 is 2.39 bits per heavy atom. The molecule has 0 bridgehead atoms. The highest BCUT2D eigenvalue weighted by molar-refractivity contribution is 5.95. The first-order chi connectivity index (χ1) is 19.7. The van der Waals surface area contributed by atoms with E-state index < -0.39 is 0 Å².